The van der Waals surface area contributed by atoms with E-state index in [0.717, 1.165) is 12.4 Å². The largest absolute Gasteiger partial charge is 0.345 e. The Morgan fingerprint density at radius 3 is 2.87 bits per heavy atom. The standard InChI is InChI=1S/C11H20N4/c1-9-12-7-11(14-9)8-13-10-3-5-15(2)6-4-10/h7,10,13H,3-6,8H2,1-2H3,(H,12,14). The molecule has 4 heteroatoms. The average Bonchev–Trinajstić information content (AvgIpc) is 2.64. The van der Waals surface area contributed by atoms with Crippen LogP contribution in [0.4, 0.5) is 0 Å². The van der Waals surface area contributed by atoms with E-state index in [0.29, 0.717) is 6.04 Å². The highest BCUT2D eigenvalue weighted by Gasteiger charge is 2.15. The second-order valence-electron chi connectivity index (χ2n) is 4.45. The maximum atomic E-state index is 4.19. The zero-order chi connectivity index (χ0) is 10.7. The molecule has 0 saturated carbocycles. The Hall–Kier alpha value is -0.870. The van der Waals surface area contributed by atoms with Crippen LogP contribution in [0.3, 0.4) is 0 Å². The van der Waals surface area contributed by atoms with E-state index >= 15 is 0 Å². The fourth-order valence-corrected chi connectivity index (χ4v) is 2.03. The molecule has 0 spiro atoms. The number of nitrogens with zero attached hydrogens (tertiary/aromatic N) is 2. The van der Waals surface area contributed by atoms with E-state index in [4.69, 9.17) is 0 Å². The number of nitrogens with one attached hydrogen (secondary N) is 2. The van der Waals surface area contributed by atoms with Crippen molar-refractivity contribution in [2.45, 2.75) is 32.4 Å². The molecular weight excluding hydrogens is 188 g/mol. The fourth-order valence-electron chi connectivity index (χ4n) is 2.03. The summed E-state index contributed by atoms with van der Waals surface area (Å²) in [7, 11) is 2.19. The van der Waals surface area contributed by atoms with Gasteiger partial charge >= 0.3 is 0 Å². The van der Waals surface area contributed by atoms with Crippen LogP contribution < -0.4 is 5.32 Å². The Labute approximate surface area is 91.1 Å². The van der Waals surface area contributed by atoms with Gasteiger partial charge in [-0.2, -0.15) is 0 Å². The molecule has 1 aromatic heterocycles. The minimum atomic E-state index is 0.671. The maximum Gasteiger partial charge on any atom is 0.103 e. The van der Waals surface area contributed by atoms with E-state index in [1.807, 2.05) is 13.1 Å². The molecule has 0 atom stereocenters. The molecule has 84 valence electrons. The first-order valence-electron chi connectivity index (χ1n) is 5.66. The van der Waals surface area contributed by atoms with Crippen LogP contribution in [0.5, 0.6) is 0 Å². The molecule has 2 N–H and O–H groups in total. The summed E-state index contributed by atoms with van der Waals surface area (Å²) in [5.41, 5.74) is 1.19. The van der Waals surface area contributed by atoms with Crippen molar-refractivity contribution in [1.29, 1.82) is 0 Å². The Balaban J connectivity index is 1.74. The Morgan fingerprint density at radius 2 is 2.27 bits per heavy atom. The number of hydrogen-bond acceptors (Lipinski definition) is 3. The molecule has 1 aliphatic heterocycles. The summed E-state index contributed by atoms with van der Waals surface area (Å²) < 4.78 is 0. The normalized spacial score (nSPS) is 19.6. The molecule has 2 heterocycles. The van der Waals surface area contributed by atoms with Gasteiger partial charge in [-0.15, -0.1) is 0 Å². The van der Waals surface area contributed by atoms with Crippen LogP contribution in [0.25, 0.3) is 0 Å². The third kappa shape index (κ3) is 3.04. The van der Waals surface area contributed by atoms with Gasteiger partial charge in [0, 0.05) is 24.5 Å². The molecule has 0 bridgehead atoms. The van der Waals surface area contributed by atoms with Crippen molar-refractivity contribution < 1.29 is 0 Å². The van der Waals surface area contributed by atoms with Gasteiger partial charge in [-0.3, -0.25) is 0 Å². The number of imidazole rings is 1. The summed E-state index contributed by atoms with van der Waals surface area (Å²) in [4.78, 5) is 9.82. The first-order valence-corrected chi connectivity index (χ1v) is 5.66. The molecule has 4 nitrogen and oxygen atoms in total. The number of rotatable bonds is 3. The smallest absolute Gasteiger partial charge is 0.103 e. The highest BCUT2D eigenvalue weighted by Crippen LogP contribution is 2.08. The van der Waals surface area contributed by atoms with Crippen molar-refractivity contribution in [2.75, 3.05) is 20.1 Å². The topological polar surface area (TPSA) is 44.0 Å². The summed E-state index contributed by atoms with van der Waals surface area (Å²) in [6.07, 6.45) is 4.42. The molecule has 1 saturated heterocycles. The van der Waals surface area contributed by atoms with Crippen LogP contribution in [0.2, 0.25) is 0 Å². The number of H-pyrrole nitrogens is 1. The van der Waals surface area contributed by atoms with Crippen LogP contribution in [0.15, 0.2) is 6.20 Å². The predicted octanol–water partition coefficient (Wildman–Crippen LogP) is 0.902. The second kappa shape index (κ2) is 4.77. The van der Waals surface area contributed by atoms with Gasteiger partial charge in [0.15, 0.2) is 0 Å². The number of hydrogen-bond donors (Lipinski definition) is 2. The first-order chi connectivity index (χ1) is 7.24. The van der Waals surface area contributed by atoms with Crippen LogP contribution in [0, 0.1) is 6.92 Å². The van der Waals surface area contributed by atoms with Crippen LogP contribution in [-0.2, 0) is 6.54 Å². The van der Waals surface area contributed by atoms with Crippen molar-refractivity contribution >= 4 is 0 Å². The zero-order valence-electron chi connectivity index (χ0n) is 9.58. The number of aromatic amines is 1. The van der Waals surface area contributed by atoms with E-state index in [-0.39, 0.29) is 0 Å². The molecule has 0 radical (unpaired) electrons. The molecule has 1 aliphatic rings. The molecule has 0 aromatic carbocycles. The highest BCUT2D eigenvalue weighted by atomic mass is 15.1. The maximum absolute atomic E-state index is 4.19. The second-order valence-corrected chi connectivity index (χ2v) is 4.45. The lowest BCUT2D eigenvalue weighted by Crippen LogP contribution is -2.40. The molecule has 0 amide bonds. The quantitative estimate of drug-likeness (QED) is 0.775. The zero-order valence-corrected chi connectivity index (χ0v) is 9.58. The molecule has 15 heavy (non-hydrogen) atoms. The lowest BCUT2D eigenvalue weighted by molar-refractivity contribution is 0.234. The van der Waals surface area contributed by atoms with Crippen molar-refractivity contribution in [3.63, 3.8) is 0 Å². The van der Waals surface area contributed by atoms with E-state index in [1.165, 1.54) is 31.6 Å². The van der Waals surface area contributed by atoms with E-state index in [1.54, 1.807) is 0 Å². The Bertz CT molecular complexity index is 299. The van der Waals surface area contributed by atoms with Gasteiger partial charge in [0.25, 0.3) is 0 Å². The van der Waals surface area contributed by atoms with Gasteiger partial charge in [0.1, 0.15) is 5.82 Å². The Kier molecular flexibility index (Phi) is 3.38. The lowest BCUT2D eigenvalue weighted by Gasteiger charge is -2.29. The number of aromatic nitrogens is 2. The molecule has 1 aromatic rings. The fraction of sp³-hybridized carbons (Fsp3) is 0.727. The van der Waals surface area contributed by atoms with Crippen molar-refractivity contribution in [3.8, 4) is 0 Å². The van der Waals surface area contributed by atoms with E-state index < -0.39 is 0 Å². The van der Waals surface area contributed by atoms with Crippen LogP contribution >= 0.6 is 0 Å². The lowest BCUT2D eigenvalue weighted by atomic mass is 10.1. The monoisotopic (exact) mass is 208 g/mol. The number of piperidine rings is 1. The molecular formula is C11H20N4. The van der Waals surface area contributed by atoms with Gasteiger partial charge in [0.05, 0.1) is 0 Å². The minimum Gasteiger partial charge on any atom is -0.345 e. The number of aryl methyl sites for hydroxylation is 1. The van der Waals surface area contributed by atoms with Crippen molar-refractivity contribution in [1.82, 2.24) is 20.2 Å². The summed E-state index contributed by atoms with van der Waals surface area (Å²) >= 11 is 0. The van der Waals surface area contributed by atoms with E-state index in [9.17, 15) is 0 Å². The highest BCUT2D eigenvalue weighted by molar-refractivity contribution is 4.99. The first kappa shape index (κ1) is 10.6. The van der Waals surface area contributed by atoms with Gasteiger partial charge in [0.2, 0.25) is 0 Å². The molecule has 2 rings (SSSR count). The molecule has 0 unspecified atom stereocenters. The van der Waals surface area contributed by atoms with Crippen LogP contribution in [0.1, 0.15) is 24.4 Å². The summed E-state index contributed by atoms with van der Waals surface area (Å²) in [5.74, 6) is 0.996. The molecule has 0 aliphatic carbocycles. The van der Waals surface area contributed by atoms with Crippen molar-refractivity contribution in [3.05, 3.63) is 17.7 Å². The van der Waals surface area contributed by atoms with Crippen molar-refractivity contribution in [2.24, 2.45) is 0 Å². The summed E-state index contributed by atoms with van der Waals surface area (Å²) in [5, 5.41) is 3.57. The number of likely N-dealkylation sites (tertiary alicyclic amines) is 1. The van der Waals surface area contributed by atoms with Gasteiger partial charge in [-0.25, -0.2) is 4.98 Å². The Morgan fingerprint density at radius 1 is 1.53 bits per heavy atom. The summed E-state index contributed by atoms with van der Waals surface area (Å²) in [6, 6.07) is 0.671. The van der Waals surface area contributed by atoms with Crippen LogP contribution in [-0.4, -0.2) is 41.0 Å². The van der Waals surface area contributed by atoms with Gasteiger partial charge in [-0.05, 0) is 39.9 Å². The molecule has 1 fully saturated rings. The SMILES string of the molecule is Cc1ncc(CNC2CCN(C)CC2)[nH]1. The predicted molar refractivity (Wildman–Crippen MR) is 60.7 cm³/mol. The third-order valence-corrected chi connectivity index (χ3v) is 3.06. The van der Waals surface area contributed by atoms with Gasteiger partial charge < -0.3 is 15.2 Å². The third-order valence-electron chi connectivity index (χ3n) is 3.06. The minimum absolute atomic E-state index is 0.671. The summed E-state index contributed by atoms with van der Waals surface area (Å²) in [6.45, 7) is 5.31. The van der Waals surface area contributed by atoms with Gasteiger partial charge in [-0.1, -0.05) is 0 Å². The van der Waals surface area contributed by atoms with E-state index in [2.05, 4.69) is 27.2 Å². The average molecular weight is 208 g/mol.